The van der Waals surface area contributed by atoms with Gasteiger partial charge in [-0.2, -0.15) is 4.57 Å². The van der Waals surface area contributed by atoms with Crippen molar-refractivity contribution in [1.29, 1.82) is 0 Å². The predicted octanol–water partition coefficient (Wildman–Crippen LogP) is 5.53. The molecule has 5 aromatic rings. The van der Waals surface area contributed by atoms with Crippen molar-refractivity contribution in [3.8, 4) is 23.3 Å². The zero-order valence-electron chi connectivity index (χ0n) is 26.0. The number of hydrogen-bond donors (Lipinski definition) is 2. The number of rotatable bonds is 10. The fourth-order valence-electron chi connectivity index (χ4n) is 6.29. The number of aliphatic hydroxyl groups is 1. The number of methoxy groups -OCH3 is 2. The molecule has 1 saturated heterocycles. The average molecular weight is 634 g/mol. The van der Waals surface area contributed by atoms with Crippen LogP contribution in [0.1, 0.15) is 34.9 Å². The Morgan fingerprint density at radius 1 is 0.915 bits per heavy atom. The van der Waals surface area contributed by atoms with Crippen LogP contribution in [0.25, 0.3) is 10.9 Å². The first-order valence-corrected chi connectivity index (χ1v) is 15.2. The predicted molar refractivity (Wildman–Crippen MR) is 177 cm³/mol. The third-order valence-electron chi connectivity index (χ3n) is 8.50. The number of nitrogens with two attached hydrogens (primary N) is 1. The van der Waals surface area contributed by atoms with Crippen molar-refractivity contribution in [2.45, 2.75) is 30.5 Å². The molecule has 4 aromatic carbocycles. The molecule has 1 fully saturated rings. The number of nitrogens with zero attached hydrogens (tertiary/aromatic N) is 2. The Balaban J connectivity index is 1.40. The van der Waals surface area contributed by atoms with Gasteiger partial charge in [0.05, 0.1) is 33.5 Å². The molecule has 10 nitrogen and oxygen atoms in total. The van der Waals surface area contributed by atoms with Crippen LogP contribution in [0.15, 0.2) is 103 Å². The summed E-state index contributed by atoms with van der Waals surface area (Å²) in [5, 5.41) is 24.4. The molecule has 0 radical (unpaired) electrons. The van der Waals surface area contributed by atoms with Crippen molar-refractivity contribution in [3.05, 3.63) is 135 Å². The highest BCUT2D eigenvalue weighted by Crippen LogP contribution is 2.44. The number of para-hydroxylation sites is 1. The summed E-state index contributed by atoms with van der Waals surface area (Å²) in [6.45, 7) is 0.0255. The molecule has 6 rings (SSSR count). The minimum absolute atomic E-state index is 0.0303. The maximum Gasteiger partial charge on any atom is 0.342 e. The third-order valence-corrected chi connectivity index (χ3v) is 8.50. The van der Waals surface area contributed by atoms with Gasteiger partial charge in [-0.3, -0.25) is 0 Å². The number of benzene rings is 4. The highest BCUT2D eigenvalue weighted by atomic mass is 16.6. The molecule has 3 N–H and O–H groups in total. The topological polar surface area (TPSA) is 131 Å². The normalized spacial score (nSPS) is 17.7. The smallest absolute Gasteiger partial charge is 0.342 e. The van der Waals surface area contributed by atoms with E-state index in [-0.39, 0.29) is 31.0 Å². The van der Waals surface area contributed by atoms with Gasteiger partial charge in [0.2, 0.25) is 6.23 Å². The zero-order valence-corrected chi connectivity index (χ0v) is 26.0. The Morgan fingerprint density at radius 2 is 1.49 bits per heavy atom. The molecule has 1 aliphatic rings. The summed E-state index contributed by atoms with van der Waals surface area (Å²) in [4.78, 5) is 12.0. The van der Waals surface area contributed by atoms with Crippen LogP contribution < -0.4 is 15.2 Å². The first-order chi connectivity index (χ1) is 22.9. The fraction of sp³-hybridized carbons (Fsp3) is 0.243. The lowest BCUT2D eigenvalue weighted by atomic mass is 9.80. The van der Waals surface area contributed by atoms with E-state index < -0.39 is 29.0 Å². The summed E-state index contributed by atoms with van der Waals surface area (Å²) in [6.07, 6.45) is -2.51. The van der Waals surface area contributed by atoms with E-state index in [0.29, 0.717) is 22.4 Å². The van der Waals surface area contributed by atoms with Gasteiger partial charge in [0.15, 0.2) is 0 Å². The van der Waals surface area contributed by atoms with E-state index in [2.05, 4.69) is 11.8 Å². The Labute approximate surface area is 272 Å². The van der Waals surface area contributed by atoms with E-state index in [1.165, 1.54) is 4.57 Å². The van der Waals surface area contributed by atoms with Gasteiger partial charge in [-0.05, 0) is 58.0 Å². The Hall–Kier alpha value is -5.18. The highest BCUT2D eigenvalue weighted by molar-refractivity contribution is 5.91. The summed E-state index contributed by atoms with van der Waals surface area (Å²) in [5.74, 6) is 6.81. The molecule has 1 aromatic heterocycles. The van der Waals surface area contributed by atoms with E-state index in [4.69, 9.17) is 24.7 Å². The number of hydrogen-bond acceptors (Lipinski definition) is 8. The quantitative estimate of drug-likeness (QED) is 0.0888. The van der Waals surface area contributed by atoms with E-state index >= 15 is 0 Å². The second-order valence-corrected chi connectivity index (χ2v) is 11.1. The molecule has 0 saturated carbocycles. The minimum atomic E-state index is -1.13. The summed E-state index contributed by atoms with van der Waals surface area (Å²) in [6, 6.07) is 32.2. The van der Waals surface area contributed by atoms with Gasteiger partial charge in [-0.15, -0.1) is 0 Å². The van der Waals surface area contributed by atoms with Crippen molar-refractivity contribution in [2.75, 3.05) is 27.4 Å². The Morgan fingerprint density at radius 3 is 2.06 bits per heavy atom. The lowest BCUT2D eigenvalue weighted by Gasteiger charge is -2.37. The van der Waals surface area contributed by atoms with Crippen LogP contribution in [0.5, 0.6) is 11.5 Å². The van der Waals surface area contributed by atoms with E-state index in [9.17, 15) is 15.2 Å². The van der Waals surface area contributed by atoms with Crippen LogP contribution in [-0.2, 0) is 15.1 Å². The molecule has 0 aliphatic carbocycles. The Bertz CT molecular complexity index is 1860. The lowest BCUT2D eigenvalue weighted by molar-refractivity contribution is -0.393. The van der Waals surface area contributed by atoms with Crippen LogP contribution >= 0.6 is 0 Å². The first-order valence-electron chi connectivity index (χ1n) is 15.2. The maximum absolute atomic E-state index is 12.4. The van der Waals surface area contributed by atoms with Crippen LogP contribution in [0.2, 0.25) is 0 Å². The summed E-state index contributed by atoms with van der Waals surface area (Å²) < 4.78 is 25.8. The van der Waals surface area contributed by atoms with Gasteiger partial charge in [-0.1, -0.05) is 78.6 Å². The van der Waals surface area contributed by atoms with Gasteiger partial charge >= 0.3 is 5.82 Å². The molecule has 3 unspecified atom stereocenters. The zero-order chi connectivity index (χ0) is 33.0. The molecule has 240 valence electrons. The van der Waals surface area contributed by atoms with E-state index in [0.717, 1.165) is 16.7 Å². The van der Waals surface area contributed by atoms with Crippen LogP contribution in [-0.4, -0.2) is 54.2 Å². The molecule has 1 aliphatic heterocycles. The second-order valence-electron chi connectivity index (χ2n) is 11.1. The minimum Gasteiger partial charge on any atom is -0.497 e. The van der Waals surface area contributed by atoms with Crippen molar-refractivity contribution in [2.24, 2.45) is 5.73 Å². The van der Waals surface area contributed by atoms with Gasteiger partial charge in [0.25, 0.3) is 0 Å². The van der Waals surface area contributed by atoms with Crippen molar-refractivity contribution in [3.63, 3.8) is 0 Å². The molecular formula is C37H35N3O7. The summed E-state index contributed by atoms with van der Waals surface area (Å²) >= 11 is 0. The molecule has 0 spiro atoms. The van der Waals surface area contributed by atoms with Crippen molar-refractivity contribution in [1.82, 2.24) is 4.57 Å². The maximum atomic E-state index is 12.4. The van der Waals surface area contributed by atoms with Gasteiger partial charge in [-0.25, -0.2) is 0 Å². The third kappa shape index (κ3) is 5.93. The summed E-state index contributed by atoms with van der Waals surface area (Å²) in [5.41, 5.74) is 7.82. The second kappa shape index (κ2) is 13.7. The standard InChI is InChI=1S/C37H35N3O7/c1-44-28-18-14-26(15-19-28)37(25-9-4-3-5-10-25,27-16-20-29(45-2)21-17-27)46-24-34-33(41)23-35(47-34)39-32-13-7-6-11-30(32)31(12-8-22-38)36(39)40(42)43/h3-7,9-11,13-21,33-35,41H,22-24,38H2,1-2H3. The lowest BCUT2D eigenvalue weighted by Crippen LogP contribution is -2.38. The molecule has 0 amide bonds. The number of aromatic nitrogens is 1. The van der Waals surface area contributed by atoms with Crippen molar-refractivity contribution < 1.29 is 29.0 Å². The SMILES string of the molecule is COc1ccc(C(OCC2OC(n3c([N+](=O)[O-])c(C#CCN)c4ccccc43)CC2O)(c2ccccc2)c2ccc(OC)cc2)cc1. The molecule has 10 heteroatoms. The number of nitro groups is 1. The molecular weight excluding hydrogens is 598 g/mol. The van der Waals surface area contributed by atoms with Gasteiger partial charge in [0, 0.05) is 11.8 Å². The van der Waals surface area contributed by atoms with Crippen LogP contribution in [0.3, 0.4) is 0 Å². The highest BCUT2D eigenvalue weighted by Gasteiger charge is 2.45. The van der Waals surface area contributed by atoms with Gasteiger partial charge in [0.1, 0.15) is 34.3 Å². The number of fused-ring (bicyclic) bond motifs is 1. The molecule has 2 heterocycles. The number of aliphatic hydroxyl groups excluding tert-OH is 1. The van der Waals surface area contributed by atoms with Crippen LogP contribution in [0, 0.1) is 22.0 Å². The van der Waals surface area contributed by atoms with E-state index in [1.807, 2.05) is 78.9 Å². The first kappa shape index (κ1) is 31.8. The van der Waals surface area contributed by atoms with Gasteiger partial charge < -0.3 is 39.9 Å². The Kier molecular flexibility index (Phi) is 9.24. The largest absolute Gasteiger partial charge is 0.497 e. The van der Waals surface area contributed by atoms with Crippen LogP contribution in [0.4, 0.5) is 5.82 Å². The number of ether oxygens (including phenoxy) is 4. The fourth-order valence-corrected chi connectivity index (χ4v) is 6.29. The molecule has 47 heavy (non-hydrogen) atoms. The summed E-state index contributed by atoms with van der Waals surface area (Å²) in [7, 11) is 3.22. The van der Waals surface area contributed by atoms with E-state index in [1.54, 1.807) is 38.5 Å². The van der Waals surface area contributed by atoms with Crippen molar-refractivity contribution >= 4 is 16.7 Å². The monoisotopic (exact) mass is 633 g/mol. The molecule has 3 atom stereocenters. The molecule has 0 bridgehead atoms. The average Bonchev–Trinajstić information content (AvgIpc) is 3.65.